The molecule has 0 saturated heterocycles. The van der Waals surface area contributed by atoms with E-state index in [0.717, 1.165) is 0 Å². The largest absolute Gasteiger partial charge is 0.308 e. The molecule has 0 aromatic heterocycles. The van der Waals surface area contributed by atoms with Gasteiger partial charge in [-0.15, -0.1) is 0 Å². The van der Waals surface area contributed by atoms with Crippen molar-refractivity contribution in [1.82, 2.24) is 3.11 Å². The highest BCUT2D eigenvalue weighted by molar-refractivity contribution is 14.1. The molecular weight excluding hydrogens is 211 g/mol. The summed E-state index contributed by atoms with van der Waals surface area (Å²) in [4.78, 5) is 0. The lowest BCUT2D eigenvalue weighted by Crippen LogP contribution is -1.96. The molecule has 0 aliphatic carbocycles. The van der Waals surface area contributed by atoms with E-state index >= 15 is 0 Å². The van der Waals surface area contributed by atoms with Crippen molar-refractivity contribution < 1.29 is 0 Å². The van der Waals surface area contributed by atoms with Crippen LogP contribution in [0.3, 0.4) is 0 Å². The predicted octanol–water partition coefficient (Wildman–Crippen LogP) is 1.14. The van der Waals surface area contributed by atoms with Crippen LogP contribution in [0.15, 0.2) is 4.40 Å². The summed E-state index contributed by atoms with van der Waals surface area (Å²) in [7, 11) is 1.88. The molecule has 0 radical (unpaired) electrons. The fraction of sp³-hybridized carbons (Fsp3) is 0.500. The van der Waals surface area contributed by atoms with Crippen molar-refractivity contribution in [3.05, 3.63) is 0 Å². The summed E-state index contributed by atoms with van der Waals surface area (Å²) in [5.74, 6) is 0. The number of hydrogen-bond donors (Lipinski definition) is 1. The van der Waals surface area contributed by atoms with Gasteiger partial charge in [-0.2, -0.15) is 0 Å². The van der Waals surface area contributed by atoms with Crippen molar-refractivity contribution >= 4 is 42.0 Å². The molecule has 0 spiro atoms. The molecule has 0 atom stereocenters. The van der Waals surface area contributed by atoms with Crippen molar-refractivity contribution in [1.29, 1.82) is 0 Å². The van der Waals surface area contributed by atoms with Gasteiger partial charge in [0.25, 0.3) is 0 Å². The molecule has 0 fully saturated rings. The second-order valence-corrected chi connectivity index (χ2v) is 2.51. The molecule has 0 N–H and O–H groups in total. The number of rotatable bonds is 1. The van der Waals surface area contributed by atoms with Crippen LogP contribution in [-0.4, -0.2) is 16.5 Å². The predicted molar refractivity (Wildman–Crippen MR) is 39.3 cm³/mol. The molecular formula is C2H5IN2S. The lowest BCUT2D eigenvalue weighted by atomic mass is 11.2. The minimum absolute atomic E-state index is 1.60. The van der Waals surface area contributed by atoms with Crippen molar-refractivity contribution in [3.63, 3.8) is 0 Å². The van der Waals surface area contributed by atoms with Crippen LogP contribution in [0, 0.1) is 0 Å². The molecule has 6 heavy (non-hydrogen) atoms. The Hall–Kier alpha value is 0.550. The molecule has 0 aromatic carbocycles. The maximum absolute atomic E-state index is 3.58. The van der Waals surface area contributed by atoms with Crippen LogP contribution in [0.1, 0.15) is 0 Å². The summed E-state index contributed by atoms with van der Waals surface area (Å²) >= 11 is 5.66. The Labute approximate surface area is 56.7 Å². The zero-order chi connectivity index (χ0) is 4.99. The standard InChI is InChI=1S/C2H5IN2S/c1-5(3)2-4-6/h2,6H,1H3. The fourth-order valence-corrected chi connectivity index (χ4v) is 0.548. The molecule has 0 aromatic rings. The summed E-state index contributed by atoms with van der Waals surface area (Å²) in [6, 6.07) is 0. The van der Waals surface area contributed by atoms with Gasteiger partial charge in [0.15, 0.2) is 0 Å². The van der Waals surface area contributed by atoms with Crippen LogP contribution in [0.2, 0.25) is 0 Å². The Balaban J connectivity index is 3.03. The van der Waals surface area contributed by atoms with Gasteiger partial charge in [0, 0.05) is 7.05 Å². The van der Waals surface area contributed by atoms with Crippen LogP contribution in [-0.2, 0) is 0 Å². The third-order valence-electron chi connectivity index (χ3n) is 0.211. The van der Waals surface area contributed by atoms with Crippen LogP contribution >= 0.6 is 35.7 Å². The SMILES string of the molecule is CN(I)C=NS. The number of halogens is 1. The number of thiol groups is 1. The molecule has 4 heteroatoms. The van der Waals surface area contributed by atoms with E-state index < -0.39 is 0 Å². The van der Waals surface area contributed by atoms with Gasteiger partial charge in [-0.05, 0) is 12.8 Å². The summed E-state index contributed by atoms with van der Waals surface area (Å²) < 4.78 is 5.21. The Bertz CT molecular complexity index is 53.5. The van der Waals surface area contributed by atoms with Gasteiger partial charge in [0.1, 0.15) is 6.34 Å². The molecule has 0 amide bonds. The molecule has 0 aliphatic heterocycles. The molecule has 36 valence electrons. The number of nitrogens with zero attached hydrogens (tertiary/aromatic N) is 2. The van der Waals surface area contributed by atoms with E-state index in [1.54, 1.807) is 9.45 Å². The van der Waals surface area contributed by atoms with Gasteiger partial charge in [-0.1, -0.05) is 0 Å². The second kappa shape index (κ2) is 3.73. The molecule has 0 bridgehead atoms. The molecule has 2 nitrogen and oxygen atoms in total. The van der Waals surface area contributed by atoms with Gasteiger partial charge in [-0.25, -0.2) is 4.40 Å². The van der Waals surface area contributed by atoms with Crippen molar-refractivity contribution in [2.75, 3.05) is 7.05 Å². The van der Waals surface area contributed by atoms with Crippen molar-refractivity contribution in [2.45, 2.75) is 0 Å². The lowest BCUT2D eigenvalue weighted by molar-refractivity contribution is 0.941. The Morgan fingerprint density at radius 3 is 2.50 bits per heavy atom. The van der Waals surface area contributed by atoms with Crippen LogP contribution in [0.4, 0.5) is 0 Å². The van der Waals surface area contributed by atoms with Gasteiger partial charge >= 0.3 is 0 Å². The first-order chi connectivity index (χ1) is 2.77. The average molecular weight is 216 g/mol. The summed E-state index contributed by atoms with van der Waals surface area (Å²) in [5, 5.41) is 0. The molecule has 0 rings (SSSR count). The van der Waals surface area contributed by atoms with Gasteiger partial charge in [-0.3, -0.25) is 0 Å². The fourth-order valence-electron chi connectivity index (χ4n) is 0.0712. The van der Waals surface area contributed by atoms with Crippen molar-refractivity contribution in [3.8, 4) is 0 Å². The zero-order valence-corrected chi connectivity index (χ0v) is 6.35. The lowest BCUT2D eigenvalue weighted by Gasteiger charge is -1.93. The third kappa shape index (κ3) is 4.55. The zero-order valence-electron chi connectivity index (χ0n) is 3.30. The monoisotopic (exact) mass is 216 g/mol. The molecule has 0 heterocycles. The second-order valence-electron chi connectivity index (χ2n) is 0.756. The van der Waals surface area contributed by atoms with E-state index in [4.69, 9.17) is 0 Å². The average Bonchev–Trinajstić information content (AvgIpc) is 1.35. The Morgan fingerprint density at radius 1 is 2.00 bits per heavy atom. The summed E-state index contributed by atoms with van der Waals surface area (Å²) in [6.45, 7) is 0. The maximum Gasteiger partial charge on any atom is 0.107 e. The Morgan fingerprint density at radius 2 is 2.50 bits per heavy atom. The Kier molecular flexibility index (Phi) is 4.07. The smallest absolute Gasteiger partial charge is 0.107 e. The van der Waals surface area contributed by atoms with Crippen LogP contribution in [0.25, 0.3) is 0 Å². The van der Waals surface area contributed by atoms with E-state index in [2.05, 4.69) is 40.1 Å². The summed E-state index contributed by atoms with van der Waals surface area (Å²) in [6.07, 6.45) is 1.60. The first-order valence-corrected chi connectivity index (χ1v) is 2.70. The highest BCUT2D eigenvalue weighted by Crippen LogP contribution is 1.86. The topological polar surface area (TPSA) is 15.6 Å². The first kappa shape index (κ1) is 6.55. The van der Waals surface area contributed by atoms with E-state index in [1.165, 1.54) is 0 Å². The minimum atomic E-state index is 1.60. The molecule has 0 saturated carbocycles. The van der Waals surface area contributed by atoms with Crippen molar-refractivity contribution in [2.24, 2.45) is 4.40 Å². The maximum atomic E-state index is 3.58. The van der Waals surface area contributed by atoms with E-state index in [9.17, 15) is 0 Å². The number of hydrogen-bond acceptors (Lipinski definition) is 2. The highest BCUT2D eigenvalue weighted by atomic mass is 127. The van der Waals surface area contributed by atoms with E-state index in [1.807, 2.05) is 7.05 Å². The van der Waals surface area contributed by atoms with Crippen LogP contribution in [0.5, 0.6) is 0 Å². The molecule has 0 unspecified atom stereocenters. The summed E-state index contributed by atoms with van der Waals surface area (Å²) in [5.41, 5.74) is 0. The van der Waals surface area contributed by atoms with Crippen LogP contribution < -0.4 is 0 Å². The van der Waals surface area contributed by atoms with E-state index in [0.29, 0.717) is 0 Å². The van der Waals surface area contributed by atoms with Gasteiger partial charge < -0.3 is 3.11 Å². The first-order valence-electron chi connectivity index (χ1n) is 1.33. The van der Waals surface area contributed by atoms with Gasteiger partial charge in [0.2, 0.25) is 0 Å². The van der Waals surface area contributed by atoms with Gasteiger partial charge in [0.05, 0.1) is 22.9 Å². The quantitative estimate of drug-likeness (QED) is 0.228. The third-order valence-corrected chi connectivity index (χ3v) is 0.563. The molecule has 0 aliphatic rings. The normalized spacial score (nSPS) is 9.83. The van der Waals surface area contributed by atoms with E-state index in [-0.39, 0.29) is 0 Å². The highest BCUT2D eigenvalue weighted by Gasteiger charge is 1.71. The minimum Gasteiger partial charge on any atom is -0.308 e.